The zero-order chi connectivity index (χ0) is 6.32. The Kier molecular flexibility index (Phi) is 1.10. The van der Waals surface area contributed by atoms with Crippen LogP contribution in [0, 0.1) is 5.41 Å². The summed E-state index contributed by atoms with van der Waals surface area (Å²) in [6.07, 6.45) is 5.90. The molecule has 1 atom stereocenters. The van der Waals surface area contributed by atoms with Gasteiger partial charge >= 0.3 is 0 Å². The topological polar surface area (TPSA) is 12.0 Å². The van der Waals surface area contributed by atoms with E-state index in [1.165, 1.54) is 32.2 Å². The average Bonchev–Trinajstić information content (AvgIpc) is 2.09. The quantitative estimate of drug-likeness (QED) is 0.518. The van der Waals surface area contributed by atoms with E-state index in [4.69, 9.17) is 0 Å². The van der Waals surface area contributed by atoms with Gasteiger partial charge in [0.25, 0.3) is 0 Å². The molecule has 0 amide bonds. The molecule has 9 heavy (non-hydrogen) atoms. The van der Waals surface area contributed by atoms with Crippen molar-refractivity contribution in [3.8, 4) is 0 Å². The molecule has 1 spiro atoms. The van der Waals surface area contributed by atoms with Gasteiger partial charge in [-0.2, -0.15) is 0 Å². The lowest BCUT2D eigenvalue weighted by Gasteiger charge is -2.37. The molecule has 1 saturated carbocycles. The molecule has 1 unspecified atom stereocenters. The first-order chi connectivity index (χ1) is 4.31. The molecule has 0 aromatic rings. The third-order valence-electron chi connectivity index (χ3n) is 2.98. The lowest BCUT2D eigenvalue weighted by Crippen LogP contribution is -2.31. The molecule has 1 aliphatic heterocycles. The summed E-state index contributed by atoms with van der Waals surface area (Å²) >= 11 is 0. The van der Waals surface area contributed by atoms with Crippen molar-refractivity contribution in [3.05, 3.63) is 0 Å². The molecule has 1 nitrogen and oxygen atoms in total. The van der Waals surface area contributed by atoms with Crippen molar-refractivity contribution in [1.82, 2.24) is 5.32 Å². The second kappa shape index (κ2) is 1.72. The van der Waals surface area contributed by atoms with Crippen LogP contribution in [0.15, 0.2) is 0 Å². The van der Waals surface area contributed by atoms with Crippen LogP contribution < -0.4 is 5.32 Å². The van der Waals surface area contributed by atoms with Gasteiger partial charge in [-0.15, -0.1) is 0 Å². The van der Waals surface area contributed by atoms with Crippen LogP contribution in [-0.2, 0) is 0 Å². The smallest absolute Gasteiger partial charge is 0.00447 e. The lowest BCUT2D eigenvalue weighted by molar-refractivity contribution is 0.159. The van der Waals surface area contributed by atoms with Gasteiger partial charge in [-0.3, -0.25) is 0 Å². The molecule has 2 fully saturated rings. The number of nitrogens with one attached hydrogen (secondary N) is 1. The Morgan fingerprint density at radius 1 is 1.44 bits per heavy atom. The molecule has 2 aliphatic rings. The Morgan fingerprint density at radius 3 is 2.44 bits per heavy atom. The van der Waals surface area contributed by atoms with Crippen LogP contribution >= 0.6 is 0 Å². The molecular formula is C8H15N. The van der Waals surface area contributed by atoms with Gasteiger partial charge in [0.15, 0.2) is 0 Å². The maximum Gasteiger partial charge on any atom is 0.00447 e. The molecule has 1 saturated heterocycles. The molecule has 0 radical (unpaired) electrons. The number of rotatable bonds is 0. The summed E-state index contributed by atoms with van der Waals surface area (Å²) in [7, 11) is 0. The Morgan fingerprint density at radius 2 is 2.22 bits per heavy atom. The standard InChI is InChI=1S/C8H15N/c1-7-5-8(6-9-7)3-2-4-8/h7,9H,2-6H2,1H3. The minimum Gasteiger partial charge on any atom is -0.314 e. The minimum absolute atomic E-state index is 0.777. The van der Waals surface area contributed by atoms with Gasteiger partial charge < -0.3 is 5.32 Å². The van der Waals surface area contributed by atoms with Gasteiger partial charge in [-0.1, -0.05) is 6.42 Å². The monoisotopic (exact) mass is 125 g/mol. The summed E-state index contributed by atoms with van der Waals surface area (Å²) in [6, 6.07) is 0.797. The van der Waals surface area contributed by atoms with Crippen LogP contribution in [0.3, 0.4) is 0 Å². The zero-order valence-electron chi connectivity index (χ0n) is 6.11. The molecule has 0 aromatic carbocycles. The summed E-state index contributed by atoms with van der Waals surface area (Å²) in [6.45, 7) is 3.60. The van der Waals surface area contributed by atoms with E-state index in [1.54, 1.807) is 0 Å². The molecule has 1 N–H and O–H groups in total. The Labute approximate surface area is 56.8 Å². The summed E-state index contributed by atoms with van der Waals surface area (Å²) in [5.41, 5.74) is 0.777. The van der Waals surface area contributed by atoms with Gasteiger partial charge in [0.2, 0.25) is 0 Å². The summed E-state index contributed by atoms with van der Waals surface area (Å²) in [5, 5.41) is 3.51. The largest absolute Gasteiger partial charge is 0.314 e. The normalized spacial score (nSPS) is 39.0. The summed E-state index contributed by atoms with van der Waals surface area (Å²) in [5.74, 6) is 0. The summed E-state index contributed by atoms with van der Waals surface area (Å²) < 4.78 is 0. The third-order valence-corrected chi connectivity index (χ3v) is 2.98. The molecule has 1 heterocycles. The first-order valence-electron chi connectivity index (χ1n) is 4.04. The number of hydrogen-bond acceptors (Lipinski definition) is 1. The van der Waals surface area contributed by atoms with Crippen molar-refractivity contribution in [2.75, 3.05) is 6.54 Å². The highest BCUT2D eigenvalue weighted by Crippen LogP contribution is 2.46. The predicted molar refractivity (Wildman–Crippen MR) is 38.4 cm³/mol. The van der Waals surface area contributed by atoms with E-state index in [1.807, 2.05) is 0 Å². The van der Waals surface area contributed by atoms with Crippen LogP contribution in [0.25, 0.3) is 0 Å². The fourth-order valence-electron chi connectivity index (χ4n) is 2.24. The van der Waals surface area contributed by atoms with Gasteiger partial charge in [0.05, 0.1) is 0 Å². The van der Waals surface area contributed by atoms with Crippen molar-refractivity contribution in [2.24, 2.45) is 5.41 Å². The van der Waals surface area contributed by atoms with E-state index < -0.39 is 0 Å². The predicted octanol–water partition coefficient (Wildman–Crippen LogP) is 1.54. The van der Waals surface area contributed by atoms with E-state index >= 15 is 0 Å². The summed E-state index contributed by atoms with van der Waals surface area (Å²) in [4.78, 5) is 0. The maximum absolute atomic E-state index is 3.51. The van der Waals surface area contributed by atoms with Gasteiger partial charge in [-0.25, -0.2) is 0 Å². The van der Waals surface area contributed by atoms with Crippen LogP contribution in [-0.4, -0.2) is 12.6 Å². The van der Waals surface area contributed by atoms with E-state index in [-0.39, 0.29) is 0 Å². The maximum atomic E-state index is 3.51. The van der Waals surface area contributed by atoms with Gasteiger partial charge in [0, 0.05) is 12.6 Å². The Hall–Kier alpha value is -0.0400. The van der Waals surface area contributed by atoms with Gasteiger partial charge in [0.1, 0.15) is 0 Å². The van der Waals surface area contributed by atoms with E-state index in [0.717, 1.165) is 11.5 Å². The van der Waals surface area contributed by atoms with Crippen molar-refractivity contribution in [1.29, 1.82) is 0 Å². The van der Waals surface area contributed by atoms with Crippen LogP contribution in [0.2, 0.25) is 0 Å². The van der Waals surface area contributed by atoms with Crippen molar-refractivity contribution < 1.29 is 0 Å². The van der Waals surface area contributed by atoms with Crippen molar-refractivity contribution >= 4 is 0 Å². The van der Waals surface area contributed by atoms with E-state index in [9.17, 15) is 0 Å². The highest BCUT2D eigenvalue weighted by molar-refractivity contribution is 4.97. The van der Waals surface area contributed by atoms with Crippen molar-refractivity contribution in [2.45, 2.75) is 38.6 Å². The van der Waals surface area contributed by atoms with Crippen LogP contribution in [0.5, 0.6) is 0 Å². The molecule has 52 valence electrons. The molecule has 1 aliphatic carbocycles. The Bertz CT molecular complexity index is 116. The highest BCUT2D eigenvalue weighted by Gasteiger charge is 2.41. The van der Waals surface area contributed by atoms with Crippen LogP contribution in [0.4, 0.5) is 0 Å². The SMILES string of the molecule is CC1CC2(CCC2)CN1. The molecule has 2 rings (SSSR count). The minimum atomic E-state index is 0.777. The molecule has 0 aromatic heterocycles. The molecular weight excluding hydrogens is 110 g/mol. The Balaban J connectivity index is 1.99. The first-order valence-corrected chi connectivity index (χ1v) is 4.04. The zero-order valence-corrected chi connectivity index (χ0v) is 6.11. The average molecular weight is 125 g/mol. The first kappa shape index (κ1) is 5.72. The second-order valence-corrected chi connectivity index (χ2v) is 3.84. The lowest BCUT2D eigenvalue weighted by atomic mass is 9.68. The fourth-order valence-corrected chi connectivity index (χ4v) is 2.24. The van der Waals surface area contributed by atoms with E-state index in [0.29, 0.717) is 0 Å². The highest BCUT2D eigenvalue weighted by atomic mass is 15.0. The second-order valence-electron chi connectivity index (χ2n) is 3.84. The van der Waals surface area contributed by atoms with Crippen molar-refractivity contribution in [3.63, 3.8) is 0 Å². The molecule has 0 bridgehead atoms. The number of hydrogen-bond donors (Lipinski definition) is 1. The third kappa shape index (κ3) is 0.787. The van der Waals surface area contributed by atoms with Gasteiger partial charge in [-0.05, 0) is 31.6 Å². The fraction of sp³-hybridized carbons (Fsp3) is 1.00. The molecule has 1 heteroatoms. The van der Waals surface area contributed by atoms with E-state index in [2.05, 4.69) is 12.2 Å². The van der Waals surface area contributed by atoms with Crippen LogP contribution in [0.1, 0.15) is 32.6 Å².